The normalized spacial score (nSPS) is 10.0. The molecule has 5 nitrogen and oxygen atoms in total. The van der Waals surface area contributed by atoms with E-state index in [2.05, 4.69) is 10.6 Å². The Morgan fingerprint density at radius 1 is 1.09 bits per heavy atom. The fraction of sp³-hybridized carbons (Fsp3) is 0.278. The number of methoxy groups -OCH3 is 1. The average molecular weight is 314 g/mol. The Hall–Kier alpha value is -2.69. The highest BCUT2D eigenvalue weighted by molar-refractivity contribution is 5.89. The van der Waals surface area contributed by atoms with E-state index in [1.165, 1.54) is 0 Å². The van der Waals surface area contributed by atoms with Gasteiger partial charge in [0, 0.05) is 12.2 Å². The quantitative estimate of drug-likeness (QED) is 0.823. The van der Waals surface area contributed by atoms with Crippen LogP contribution in [0, 0.1) is 0 Å². The Labute approximate surface area is 136 Å². The van der Waals surface area contributed by atoms with Gasteiger partial charge in [0.25, 0.3) is 0 Å². The SMILES string of the molecule is CCOc1ccc(NC(=O)NCCc2ccccc2OC)cc1. The van der Waals surface area contributed by atoms with E-state index >= 15 is 0 Å². The first-order chi connectivity index (χ1) is 11.2. The molecule has 2 rings (SSSR count). The summed E-state index contributed by atoms with van der Waals surface area (Å²) in [7, 11) is 1.64. The molecule has 5 heteroatoms. The molecule has 0 aliphatic carbocycles. The summed E-state index contributed by atoms with van der Waals surface area (Å²) in [5.41, 5.74) is 1.79. The van der Waals surface area contributed by atoms with E-state index in [4.69, 9.17) is 9.47 Å². The summed E-state index contributed by atoms with van der Waals surface area (Å²) in [5.74, 6) is 1.62. The highest BCUT2D eigenvalue weighted by Gasteiger charge is 2.04. The minimum atomic E-state index is -0.232. The molecule has 23 heavy (non-hydrogen) atoms. The molecule has 122 valence electrons. The molecule has 0 fully saturated rings. The summed E-state index contributed by atoms with van der Waals surface area (Å²) in [6, 6.07) is 14.8. The van der Waals surface area contributed by atoms with Crippen LogP contribution < -0.4 is 20.1 Å². The molecular formula is C18H22N2O3. The number of ether oxygens (including phenoxy) is 2. The van der Waals surface area contributed by atoms with Gasteiger partial charge in [-0.2, -0.15) is 0 Å². The number of hydrogen-bond acceptors (Lipinski definition) is 3. The smallest absolute Gasteiger partial charge is 0.319 e. The number of nitrogens with one attached hydrogen (secondary N) is 2. The standard InChI is InChI=1S/C18H22N2O3/c1-3-23-16-10-8-15(9-11-16)20-18(21)19-13-12-14-6-4-5-7-17(14)22-2/h4-11H,3,12-13H2,1-2H3,(H2,19,20,21). The zero-order valence-electron chi connectivity index (χ0n) is 13.5. The van der Waals surface area contributed by atoms with Crippen molar-refractivity contribution in [3.05, 3.63) is 54.1 Å². The zero-order valence-corrected chi connectivity index (χ0v) is 13.5. The molecule has 0 spiro atoms. The van der Waals surface area contributed by atoms with Crippen LogP contribution in [0.2, 0.25) is 0 Å². The molecule has 2 aromatic rings. The van der Waals surface area contributed by atoms with E-state index in [0.29, 0.717) is 19.6 Å². The molecule has 0 aliphatic heterocycles. The van der Waals surface area contributed by atoms with Gasteiger partial charge in [0.2, 0.25) is 0 Å². The Morgan fingerprint density at radius 3 is 2.52 bits per heavy atom. The van der Waals surface area contributed by atoms with Crippen molar-refractivity contribution in [1.29, 1.82) is 0 Å². The van der Waals surface area contributed by atoms with Gasteiger partial charge in [-0.1, -0.05) is 18.2 Å². The van der Waals surface area contributed by atoms with Crippen molar-refractivity contribution in [2.75, 3.05) is 25.6 Å². The Morgan fingerprint density at radius 2 is 1.83 bits per heavy atom. The first kappa shape index (κ1) is 16.7. The van der Waals surface area contributed by atoms with E-state index in [1.54, 1.807) is 7.11 Å². The van der Waals surface area contributed by atoms with E-state index in [-0.39, 0.29) is 6.03 Å². The van der Waals surface area contributed by atoms with Gasteiger partial charge in [-0.05, 0) is 49.2 Å². The van der Waals surface area contributed by atoms with Crippen molar-refractivity contribution in [3.63, 3.8) is 0 Å². The summed E-state index contributed by atoms with van der Waals surface area (Å²) in [6.07, 6.45) is 0.709. The Balaban J connectivity index is 1.78. The van der Waals surface area contributed by atoms with Gasteiger partial charge in [0.15, 0.2) is 0 Å². The van der Waals surface area contributed by atoms with Crippen LogP contribution in [0.3, 0.4) is 0 Å². The van der Waals surface area contributed by atoms with Crippen LogP contribution in [-0.2, 0) is 6.42 Å². The molecule has 0 bridgehead atoms. The fourth-order valence-electron chi connectivity index (χ4n) is 2.20. The number of rotatable bonds is 7. The molecule has 0 aliphatic rings. The summed E-state index contributed by atoms with van der Waals surface area (Å²) >= 11 is 0. The average Bonchev–Trinajstić information content (AvgIpc) is 2.57. The second-order valence-corrected chi connectivity index (χ2v) is 4.90. The van der Waals surface area contributed by atoms with Crippen LogP contribution in [-0.4, -0.2) is 26.3 Å². The molecule has 0 radical (unpaired) electrons. The van der Waals surface area contributed by atoms with E-state index in [1.807, 2.05) is 55.5 Å². The predicted octanol–water partition coefficient (Wildman–Crippen LogP) is 3.46. The molecule has 0 saturated heterocycles. The maximum absolute atomic E-state index is 11.9. The second kappa shape index (κ2) is 8.68. The predicted molar refractivity (Wildman–Crippen MR) is 91.3 cm³/mol. The maximum atomic E-state index is 11.9. The van der Waals surface area contributed by atoms with Crippen molar-refractivity contribution >= 4 is 11.7 Å². The lowest BCUT2D eigenvalue weighted by Crippen LogP contribution is -2.30. The van der Waals surface area contributed by atoms with Gasteiger partial charge in [-0.15, -0.1) is 0 Å². The molecular weight excluding hydrogens is 292 g/mol. The Bertz CT molecular complexity index is 626. The summed E-state index contributed by atoms with van der Waals surface area (Å²) in [6.45, 7) is 3.08. The number of carbonyl (C=O) groups is 1. The number of amides is 2. The van der Waals surface area contributed by atoms with Gasteiger partial charge in [-0.25, -0.2) is 4.79 Å². The van der Waals surface area contributed by atoms with Crippen molar-refractivity contribution in [3.8, 4) is 11.5 Å². The van der Waals surface area contributed by atoms with Crippen LogP contribution in [0.4, 0.5) is 10.5 Å². The number of anilines is 1. The number of carbonyl (C=O) groups excluding carboxylic acids is 1. The van der Waals surface area contributed by atoms with Crippen LogP contribution in [0.15, 0.2) is 48.5 Å². The summed E-state index contributed by atoms with van der Waals surface area (Å²) < 4.78 is 10.7. The van der Waals surface area contributed by atoms with Gasteiger partial charge in [-0.3, -0.25) is 0 Å². The van der Waals surface area contributed by atoms with Crippen molar-refractivity contribution in [2.24, 2.45) is 0 Å². The molecule has 0 heterocycles. The van der Waals surface area contributed by atoms with E-state index in [0.717, 1.165) is 22.7 Å². The minimum Gasteiger partial charge on any atom is -0.496 e. The summed E-state index contributed by atoms with van der Waals surface area (Å²) in [5, 5.41) is 5.62. The Kier molecular flexibility index (Phi) is 6.29. The lowest BCUT2D eigenvalue weighted by Gasteiger charge is -2.10. The molecule has 0 atom stereocenters. The van der Waals surface area contributed by atoms with Crippen molar-refractivity contribution in [1.82, 2.24) is 5.32 Å². The number of urea groups is 1. The topological polar surface area (TPSA) is 59.6 Å². The first-order valence-electron chi connectivity index (χ1n) is 7.62. The van der Waals surface area contributed by atoms with Gasteiger partial charge in [0.05, 0.1) is 13.7 Å². The summed E-state index contributed by atoms with van der Waals surface area (Å²) in [4.78, 5) is 11.9. The third kappa shape index (κ3) is 5.21. The maximum Gasteiger partial charge on any atom is 0.319 e. The molecule has 2 amide bonds. The van der Waals surface area contributed by atoms with Crippen LogP contribution >= 0.6 is 0 Å². The van der Waals surface area contributed by atoms with Gasteiger partial charge in [0.1, 0.15) is 11.5 Å². The lowest BCUT2D eigenvalue weighted by atomic mass is 10.1. The fourth-order valence-corrected chi connectivity index (χ4v) is 2.20. The molecule has 0 unspecified atom stereocenters. The largest absolute Gasteiger partial charge is 0.496 e. The van der Waals surface area contributed by atoms with E-state index < -0.39 is 0 Å². The molecule has 2 aromatic carbocycles. The molecule has 0 saturated carbocycles. The van der Waals surface area contributed by atoms with Crippen LogP contribution in [0.5, 0.6) is 11.5 Å². The number of para-hydroxylation sites is 1. The second-order valence-electron chi connectivity index (χ2n) is 4.90. The monoisotopic (exact) mass is 314 g/mol. The number of hydrogen-bond donors (Lipinski definition) is 2. The van der Waals surface area contributed by atoms with Crippen molar-refractivity contribution in [2.45, 2.75) is 13.3 Å². The zero-order chi connectivity index (χ0) is 16.5. The lowest BCUT2D eigenvalue weighted by molar-refractivity contribution is 0.252. The van der Waals surface area contributed by atoms with Crippen molar-refractivity contribution < 1.29 is 14.3 Å². The first-order valence-corrected chi connectivity index (χ1v) is 7.62. The minimum absolute atomic E-state index is 0.232. The highest BCUT2D eigenvalue weighted by atomic mass is 16.5. The van der Waals surface area contributed by atoms with Gasteiger partial charge < -0.3 is 20.1 Å². The van der Waals surface area contributed by atoms with Crippen LogP contribution in [0.25, 0.3) is 0 Å². The third-order valence-corrected chi connectivity index (χ3v) is 3.30. The van der Waals surface area contributed by atoms with E-state index in [9.17, 15) is 4.79 Å². The third-order valence-electron chi connectivity index (χ3n) is 3.30. The highest BCUT2D eigenvalue weighted by Crippen LogP contribution is 2.17. The van der Waals surface area contributed by atoms with Gasteiger partial charge >= 0.3 is 6.03 Å². The number of benzene rings is 2. The van der Waals surface area contributed by atoms with Crippen LogP contribution in [0.1, 0.15) is 12.5 Å². The molecule has 2 N–H and O–H groups in total. The molecule has 0 aromatic heterocycles.